The van der Waals surface area contributed by atoms with Gasteiger partial charge in [-0.25, -0.2) is 0 Å². The predicted molar refractivity (Wildman–Crippen MR) is 111 cm³/mol. The molecular formula is C24H27N3O2. The van der Waals surface area contributed by atoms with Gasteiger partial charge in [-0.2, -0.15) is 0 Å². The van der Waals surface area contributed by atoms with Crippen LogP contribution >= 0.6 is 0 Å². The maximum Gasteiger partial charge on any atom is 0.225 e. The van der Waals surface area contributed by atoms with Crippen LogP contribution in [0.5, 0.6) is 0 Å². The average Bonchev–Trinajstić information content (AvgIpc) is 3.65. The van der Waals surface area contributed by atoms with Crippen molar-refractivity contribution in [3.63, 3.8) is 0 Å². The highest BCUT2D eigenvalue weighted by Crippen LogP contribution is 2.42. The van der Waals surface area contributed by atoms with Crippen LogP contribution in [0.1, 0.15) is 35.8 Å². The van der Waals surface area contributed by atoms with Crippen molar-refractivity contribution in [3.8, 4) is 0 Å². The summed E-state index contributed by atoms with van der Waals surface area (Å²) in [6.45, 7) is 1.14. The van der Waals surface area contributed by atoms with Gasteiger partial charge < -0.3 is 16.0 Å². The van der Waals surface area contributed by atoms with Crippen molar-refractivity contribution >= 4 is 11.8 Å². The maximum absolute atomic E-state index is 12.8. The van der Waals surface area contributed by atoms with Crippen LogP contribution in [0.2, 0.25) is 0 Å². The van der Waals surface area contributed by atoms with E-state index in [2.05, 4.69) is 40.2 Å². The Hall–Kier alpha value is -2.66. The summed E-state index contributed by atoms with van der Waals surface area (Å²) in [6, 6.07) is 21.0. The van der Waals surface area contributed by atoms with Crippen LogP contribution in [0.3, 0.4) is 0 Å². The first-order chi connectivity index (χ1) is 14.2. The van der Waals surface area contributed by atoms with Gasteiger partial charge >= 0.3 is 0 Å². The molecule has 3 N–H and O–H groups in total. The van der Waals surface area contributed by atoms with Crippen LogP contribution in [0.25, 0.3) is 0 Å². The van der Waals surface area contributed by atoms with Gasteiger partial charge in [-0.05, 0) is 24.0 Å². The van der Waals surface area contributed by atoms with Gasteiger partial charge in [0.2, 0.25) is 11.8 Å². The number of hydrogen-bond acceptors (Lipinski definition) is 3. The smallest absolute Gasteiger partial charge is 0.225 e. The summed E-state index contributed by atoms with van der Waals surface area (Å²) >= 11 is 0. The zero-order valence-corrected chi connectivity index (χ0v) is 16.4. The molecule has 2 aromatic carbocycles. The molecule has 0 spiro atoms. The molecule has 2 aliphatic carbocycles. The molecule has 1 saturated heterocycles. The Morgan fingerprint density at radius 1 is 0.690 bits per heavy atom. The third-order valence-electron chi connectivity index (χ3n) is 6.58. The molecule has 1 heterocycles. The first-order valence-electron chi connectivity index (χ1n) is 10.6. The number of nitrogens with one attached hydrogen (secondary N) is 3. The maximum atomic E-state index is 12.8. The van der Waals surface area contributed by atoms with Crippen molar-refractivity contribution in [2.45, 2.75) is 36.8 Å². The number of rotatable bonds is 6. The minimum atomic E-state index is -0.291. The molecule has 150 valence electrons. The molecule has 5 heteroatoms. The van der Waals surface area contributed by atoms with Crippen LogP contribution in [0, 0.1) is 11.8 Å². The fraction of sp³-hybridized carbons (Fsp3) is 0.417. The quantitative estimate of drug-likeness (QED) is 0.709. The zero-order valence-electron chi connectivity index (χ0n) is 16.4. The molecule has 3 fully saturated rings. The monoisotopic (exact) mass is 389 g/mol. The van der Waals surface area contributed by atoms with Gasteiger partial charge in [-0.3, -0.25) is 9.59 Å². The van der Waals surface area contributed by atoms with Crippen LogP contribution < -0.4 is 16.0 Å². The Bertz CT molecular complexity index is 812. The summed E-state index contributed by atoms with van der Waals surface area (Å²) in [7, 11) is 0. The first-order valence-corrected chi connectivity index (χ1v) is 10.6. The normalized spacial score (nSPS) is 32.4. The van der Waals surface area contributed by atoms with Crippen molar-refractivity contribution < 1.29 is 9.59 Å². The van der Waals surface area contributed by atoms with Gasteiger partial charge in [-0.1, -0.05) is 60.7 Å². The largest absolute Gasteiger partial charge is 0.352 e. The van der Waals surface area contributed by atoms with Crippen LogP contribution in [0.15, 0.2) is 60.7 Å². The molecule has 1 unspecified atom stereocenters. The number of carbonyl (C=O) groups excluding carboxylic acids is 2. The molecule has 2 amide bonds. The minimum absolute atomic E-state index is 0.00832. The van der Waals surface area contributed by atoms with Crippen molar-refractivity contribution in [2.24, 2.45) is 11.8 Å². The van der Waals surface area contributed by atoms with Gasteiger partial charge in [0.1, 0.15) is 0 Å². The molecule has 5 rings (SSSR count). The second-order valence-electron chi connectivity index (χ2n) is 8.61. The van der Waals surface area contributed by atoms with Gasteiger partial charge in [0.25, 0.3) is 0 Å². The molecule has 0 radical (unpaired) electrons. The molecule has 3 aliphatic rings. The molecule has 2 saturated carbocycles. The SMILES string of the molecule is O=C(NC1C[C@@H]1c1ccccc1)[C@@H]1CNC[C@H]1C(=O)N[C@H]1C[C@@H]1c1ccccc1. The second kappa shape index (κ2) is 7.64. The number of carbonyl (C=O) groups is 2. The summed E-state index contributed by atoms with van der Waals surface area (Å²) in [6.07, 6.45) is 1.96. The number of hydrogen-bond donors (Lipinski definition) is 3. The van der Waals surface area contributed by atoms with Crippen LogP contribution in [-0.4, -0.2) is 37.0 Å². The summed E-state index contributed by atoms with van der Waals surface area (Å²) < 4.78 is 0. The molecule has 29 heavy (non-hydrogen) atoms. The zero-order chi connectivity index (χ0) is 19.8. The molecule has 5 nitrogen and oxygen atoms in total. The van der Waals surface area contributed by atoms with Gasteiger partial charge in [0.15, 0.2) is 0 Å². The Morgan fingerprint density at radius 3 is 1.52 bits per heavy atom. The standard InChI is InChI=1S/C24H27N3O2/c28-23(26-21-11-17(21)15-7-3-1-4-8-15)19-13-25-14-20(19)24(29)27-22-12-18(22)16-9-5-2-6-10-16/h1-10,17-22,25H,11-14H2,(H,26,28)(H,27,29)/t17-,18-,19-,20-,21+,22?/m1/s1. The van der Waals surface area contributed by atoms with E-state index in [-0.39, 0.29) is 35.7 Å². The topological polar surface area (TPSA) is 70.2 Å². The highest BCUT2D eigenvalue weighted by Gasteiger charge is 2.46. The van der Waals surface area contributed by atoms with Crippen LogP contribution in [-0.2, 0) is 9.59 Å². The third kappa shape index (κ3) is 3.92. The fourth-order valence-corrected chi connectivity index (χ4v) is 4.66. The van der Waals surface area contributed by atoms with Gasteiger partial charge in [0.05, 0.1) is 11.8 Å². The summed E-state index contributed by atoms with van der Waals surface area (Å²) in [5.41, 5.74) is 2.55. The molecule has 2 aromatic rings. The summed E-state index contributed by atoms with van der Waals surface area (Å²) in [5.74, 6) is 0.240. The van der Waals surface area contributed by atoms with E-state index < -0.39 is 0 Å². The van der Waals surface area contributed by atoms with Crippen molar-refractivity contribution in [3.05, 3.63) is 71.8 Å². The minimum Gasteiger partial charge on any atom is -0.352 e. The Labute approximate surface area is 171 Å². The highest BCUT2D eigenvalue weighted by molar-refractivity contribution is 5.89. The van der Waals surface area contributed by atoms with E-state index in [4.69, 9.17) is 0 Å². The lowest BCUT2D eigenvalue weighted by Crippen LogP contribution is -2.43. The predicted octanol–water partition coefficient (Wildman–Crippen LogP) is 2.17. The van der Waals surface area contributed by atoms with E-state index in [0.29, 0.717) is 24.9 Å². The second-order valence-corrected chi connectivity index (χ2v) is 8.61. The Morgan fingerprint density at radius 2 is 1.10 bits per heavy atom. The van der Waals surface area contributed by atoms with E-state index in [1.807, 2.05) is 36.4 Å². The van der Waals surface area contributed by atoms with E-state index in [9.17, 15) is 9.59 Å². The third-order valence-corrected chi connectivity index (χ3v) is 6.58. The summed E-state index contributed by atoms with van der Waals surface area (Å²) in [4.78, 5) is 25.7. The van der Waals surface area contributed by atoms with Crippen LogP contribution in [0.4, 0.5) is 0 Å². The average molecular weight is 389 g/mol. The molecule has 0 aromatic heterocycles. The molecule has 1 aliphatic heterocycles. The Balaban J connectivity index is 1.14. The van der Waals surface area contributed by atoms with Gasteiger partial charge in [-0.15, -0.1) is 0 Å². The number of benzene rings is 2. The molecule has 0 bridgehead atoms. The van der Waals surface area contributed by atoms with Crippen molar-refractivity contribution in [1.29, 1.82) is 0 Å². The Kier molecular flexibility index (Phi) is 4.84. The highest BCUT2D eigenvalue weighted by atomic mass is 16.2. The lowest BCUT2D eigenvalue weighted by atomic mass is 9.94. The molecule has 6 atom stereocenters. The molecular weight excluding hydrogens is 362 g/mol. The van der Waals surface area contributed by atoms with E-state index in [1.165, 1.54) is 11.1 Å². The van der Waals surface area contributed by atoms with E-state index >= 15 is 0 Å². The van der Waals surface area contributed by atoms with Crippen molar-refractivity contribution in [2.75, 3.05) is 13.1 Å². The lowest BCUT2D eigenvalue weighted by molar-refractivity contribution is -0.133. The fourth-order valence-electron chi connectivity index (χ4n) is 4.66. The lowest BCUT2D eigenvalue weighted by Gasteiger charge is -2.18. The van der Waals surface area contributed by atoms with Crippen molar-refractivity contribution in [1.82, 2.24) is 16.0 Å². The first kappa shape index (κ1) is 18.4. The number of amides is 2. The van der Waals surface area contributed by atoms with Gasteiger partial charge in [0, 0.05) is 37.0 Å². The summed E-state index contributed by atoms with van der Waals surface area (Å²) in [5, 5.41) is 9.58. The van der Waals surface area contributed by atoms with E-state index in [1.54, 1.807) is 0 Å². The van der Waals surface area contributed by atoms with E-state index in [0.717, 1.165) is 12.8 Å².